The summed E-state index contributed by atoms with van der Waals surface area (Å²) in [5.41, 5.74) is 6.32. The van der Waals surface area contributed by atoms with E-state index >= 15 is 0 Å². The summed E-state index contributed by atoms with van der Waals surface area (Å²) in [5.74, 6) is -0.149. The Kier molecular flexibility index (Phi) is 8.62. The molecular formula is C14H21ClFIN2O. The molecule has 2 N–H and O–H groups in total. The van der Waals surface area contributed by atoms with E-state index in [1.54, 1.807) is 24.1 Å². The average molecular weight is 415 g/mol. The summed E-state index contributed by atoms with van der Waals surface area (Å²) in [6.07, 6.45) is 0.743. The van der Waals surface area contributed by atoms with Gasteiger partial charge in [-0.1, -0.05) is 13.8 Å². The molecule has 0 saturated heterocycles. The molecule has 3 nitrogen and oxygen atoms in total. The Labute approximate surface area is 139 Å². The molecule has 1 atom stereocenters. The summed E-state index contributed by atoms with van der Waals surface area (Å²) in [4.78, 5) is 13.7. The van der Waals surface area contributed by atoms with E-state index < -0.39 is 0 Å². The van der Waals surface area contributed by atoms with Crippen LogP contribution in [-0.4, -0.2) is 30.4 Å². The van der Waals surface area contributed by atoms with Crippen molar-refractivity contribution in [2.45, 2.75) is 26.3 Å². The van der Waals surface area contributed by atoms with E-state index in [2.05, 4.69) is 13.8 Å². The molecule has 1 rings (SSSR count). The van der Waals surface area contributed by atoms with Crippen LogP contribution in [-0.2, 0) is 0 Å². The molecule has 1 aromatic carbocycles. The summed E-state index contributed by atoms with van der Waals surface area (Å²) in [7, 11) is 1.71. The van der Waals surface area contributed by atoms with Crippen molar-refractivity contribution in [3.63, 3.8) is 0 Å². The number of amides is 1. The molecule has 1 aromatic rings. The first-order valence-corrected chi connectivity index (χ1v) is 7.37. The van der Waals surface area contributed by atoms with Crippen LogP contribution in [0.4, 0.5) is 4.39 Å². The molecule has 0 aliphatic heterocycles. The Balaban J connectivity index is 0.00000361. The van der Waals surface area contributed by atoms with Crippen molar-refractivity contribution in [1.82, 2.24) is 4.90 Å². The number of nitrogens with zero attached hydrogens (tertiary/aromatic N) is 1. The maximum Gasteiger partial charge on any atom is 0.253 e. The first-order chi connectivity index (χ1) is 8.82. The van der Waals surface area contributed by atoms with Gasteiger partial charge in [-0.25, -0.2) is 4.39 Å². The minimum Gasteiger partial charge on any atom is -0.342 e. The lowest BCUT2D eigenvalue weighted by Gasteiger charge is -2.21. The van der Waals surface area contributed by atoms with Crippen LogP contribution in [0.25, 0.3) is 0 Å². The molecule has 1 amide bonds. The van der Waals surface area contributed by atoms with Crippen molar-refractivity contribution >= 4 is 40.9 Å². The van der Waals surface area contributed by atoms with E-state index in [4.69, 9.17) is 5.73 Å². The molecule has 0 fully saturated rings. The Morgan fingerprint density at radius 1 is 1.45 bits per heavy atom. The second-order valence-corrected chi connectivity index (χ2v) is 6.21. The number of hydrogen-bond donors (Lipinski definition) is 1. The quantitative estimate of drug-likeness (QED) is 0.752. The average Bonchev–Trinajstić information content (AvgIpc) is 2.37. The largest absolute Gasteiger partial charge is 0.342 e. The number of rotatable bonds is 5. The molecule has 0 aliphatic rings. The first kappa shape index (κ1) is 19.6. The van der Waals surface area contributed by atoms with Gasteiger partial charge in [-0.05, 0) is 53.1 Å². The number of carbonyl (C=O) groups is 1. The predicted molar refractivity (Wildman–Crippen MR) is 90.8 cm³/mol. The van der Waals surface area contributed by atoms with E-state index in [9.17, 15) is 9.18 Å². The van der Waals surface area contributed by atoms with Crippen molar-refractivity contribution in [1.29, 1.82) is 0 Å². The Morgan fingerprint density at radius 3 is 2.55 bits per heavy atom. The van der Waals surface area contributed by atoms with Gasteiger partial charge in [0.25, 0.3) is 5.91 Å². The minimum atomic E-state index is -0.362. The van der Waals surface area contributed by atoms with Gasteiger partial charge in [0.1, 0.15) is 5.82 Å². The summed E-state index contributed by atoms with van der Waals surface area (Å²) in [6.45, 7) is 4.69. The summed E-state index contributed by atoms with van der Waals surface area (Å²) in [5, 5.41) is 0. The second-order valence-electron chi connectivity index (χ2n) is 5.05. The van der Waals surface area contributed by atoms with E-state index in [1.807, 2.05) is 22.6 Å². The van der Waals surface area contributed by atoms with Crippen molar-refractivity contribution in [3.05, 3.63) is 33.1 Å². The second kappa shape index (κ2) is 8.79. The molecule has 0 radical (unpaired) electrons. The Bertz CT molecular complexity index is 457. The molecule has 0 spiro atoms. The van der Waals surface area contributed by atoms with Crippen molar-refractivity contribution in [2.75, 3.05) is 13.6 Å². The van der Waals surface area contributed by atoms with Gasteiger partial charge >= 0.3 is 0 Å². The van der Waals surface area contributed by atoms with Gasteiger partial charge in [0.15, 0.2) is 0 Å². The molecule has 0 bridgehead atoms. The smallest absolute Gasteiger partial charge is 0.253 e. The lowest BCUT2D eigenvalue weighted by atomic mass is 10.0. The van der Waals surface area contributed by atoms with Crippen LogP contribution < -0.4 is 5.73 Å². The summed E-state index contributed by atoms with van der Waals surface area (Å²) >= 11 is 1.90. The van der Waals surface area contributed by atoms with Gasteiger partial charge in [-0.15, -0.1) is 12.4 Å². The summed E-state index contributed by atoms with van der Waals surface area (Å²) < 4.78 is 13.9. The Morgan fingerprint density at radius 2 is 2.05 bits per heavy atom. The molecule has 6 heteroatoms. The molecule has 0 aliphatic carbocycles. The molecule has 1 unspecified atom stereocenters. The number of nitrogens with two attached hydrogens (primary N) is 1. The number of hydrogen-bond acceptors (Lipinski definition) is 2. The molecule has 0 aromatic heterocycles. The van der Waals surface area contributed by atoms with Gasteiger partial charge in [-0.3, -0.25) is 4.79 Å². The first-order valence-electron chi connectivity index (χ1n) is 6.29. The van der Waals surface area contributed by atoms with Crippen molar-refractivity contribution in [3.8, 4) is 0 Å². The van der Waals surface area contributed by atoms with Crippen LogP contribution in [0.3, 0.4) is 0 Å². The summed E-state index contributed by atoms with van der Waals surface area (Å²) in [6, 6.07) is 4.61. The van der Waals surface area contributed by atoms with Gasteiger partial charge in [0.05, 0.1) is 0 Å². The molecule has 20 heavy (non-hydrogen) atoms. The minimum absolute atomic E-state index is 0. The fourth-order valence-corrected chi connectivity index (χ4v) is 1.96. The fourth-order valence-electron chi connectivity index (χ4n) is 1.63. The third-order valence-electron chi connectivity index (χ3n) is 3.17. The zero-order valence-electron chi connectivity index (χ0n) is 11.9. The number of halogens is 3. The third-order valence-corrected chi connectivity index (χ3v) is 4.04. The fraction of sp³-hybridized carbons (Fsp3) is 0.500. The lowest BCUT2D eigenvalue weighted by molar-refractivity contribution is 0.0788. The van der Waals surface area contributed by atoms with Crippen molar-refractivity contribution in [2.24, 2.45) is 11.7 Å². The van der Waals surface area contributed by atoms with Crippen LogP contribution in [0.15, 0.2) is 18.2 Å². The topological polar surface area (TPSA) is 46.3 Å². The molecule has 114 valence electrons. The molecular weight excluding hydrogens is 394 g/mol. The van der Waals surface area contributed by atoms with E-state index in [0.29, 0.717) is 21.6 Å². The van der Waals surface area contributed by atoms with E-state index in [0.717, 1.165) is 6.42 Å². The normalized spacial score (nSPS) is 11.9. The lowest BCUT2D eigenvalue weighted by Crippen LogP contribution is -2.34. The van der Waals surface area contributed by atoms with Crippen molar-refractivity contribution < 1.29 is 9.18 Å². The molecule has 0 heterocycles. The standard InChI is InChI=1S/C14H20FIN2O.ClH/c1-9(2)13(17)6-7-18(3)14(19)10-4-5-12(16)11(15)8-10;/h4-5,8-9,13H,6-7,17H2,1-3H3;1H. The van der Waals surface area contributed by atoms with Crippen LogP contribution >= 0.6 is 35.0 Å². The highest BCUT2D eigenvalue weighted by Gasteiger charge is 2.15. The maximum absolute atomic E-state index is 13.4. The van der Waals surface area contributed by atoms with Crippen LogP contribution in [0.5, 0.6) is 0 Å². The zero-order valence-corrected chi connectivity index (χ0v) is 14.9. The van der Waals surface area contributed by atoms with Gasteiger partial charge in [0.2, 0.25) is 0 Å². The maximum atomic E-state index is 13.4. The zero-order chi connectivity index (χ0) is 14.6. The monoisotopic (exact) mass is 414 g/mol. The highest BCUT2D eigenvalue weighted by atomic mass is 127. The van der Waals surface area contributed by atoms with E-state index in [1.165, 1.54) is 6.07 Å². The highest BCUT2D eigenvalue weighted by Crippen LogP contribution is 2.14. The SMILES string of the molecule is CC(C)C(N)CCN(C)C(=O)c1ccc(I)c(F)c1.Cl. The number of benzene rings is 1. The van der Waals surface area contributed by atoms with Crippen LogP contribution in [0.2, 0.25) is 0 Å². The van der Waals surface area contributed by atoms with E-state index in [-0.39, 0.29) is 30.2 Å². The van der Waals surface area contributed by atoms with Crippen LogP contribution in [0.1, 0.15) is 30.6 Å². The van der Waals surface area contributed by atoms with Crippen LogP contribution in [0, 0.1) is 15.3 Å². The highest BCUT2D eigenvalue weighted by molar-refractivity contribution is 14.1. The van der Waals surface area contributed by atoms with Gasteiger partial charge in [0, 0.05) is 28.8 Å². The predicted octanol–water partition coefficient (Wildman–Crippen LogP) is 3.30. The number of carbonyl (C=O) groups excluding carboxylic acids is 1. The Hall–Kier alpha value is -0.400. The third kappa shape index (κ3) is 5.54. The molecule has 0 saturated carbocycles. The van der Waals surface area contributed by atoms with Gasteiger partial charge in [-0.2, -0.15) is 0 Å². The van der Waals surface area contributed by atoms with Gasteiger partial charge < -0.3 is 10.6 Å².